The standard InChI is InChI=1S/C13H14FNO/c1-3-16-12-5-4-9(6-11(12)14)13(2)7-10(13)8-15/h4-6,10H,3,7H2,1-2H3. The van der Waals surface area contributed by atoms with Gasteiger partial charge in [-0.3, -0.25) is 0 Å². The lowest BCUT2D eigenvalue weighted by atomic mass is 9.95. The molecule has 2 atom stereocenters. The van der Waals surface area contributed by atoms with Crippen molar-refractivity contribution in [2.45, 2.75) is 25.7 Å². The van der Waals surface area contributed by atoms with Crippen molar-refractivity contribution in [3.63, 3.8) is 0 Å². The van der Waals surface area contributed by atoms with Crippen LogP contribution in [0.2, 0.25) is 0 Å². The van der Waals surface area contributed by atoms with E-state index in [1.54, 1.807) is 6.07 Å². The van der Waals surface area contributed by atoms with E-state index in [1.807, 2.05) is 19.9 Å². The van der Waals surface area contributed by atoms with Crippen LogP contribution in [0.15, 0.2) is 18.2 Å². The van der Waals surface area contributed by atoms with E-state index in [2.05, 4.69) is 6.07 Å². The summed E-state index contributed by atoms with van der Waals surface area (Å²) in [5, 5.41) is 8.84. The first-order chi connectivity index (χ1) is 7.61. The smallest absolute Gasteiger partial charge is 0.165 e. The molecular formula is C13H14FNO. The minimum Gasteiger partial charge on any atom is -0.491 e. The van der Waals surface area contributed by atoms with Crippen LogP contribution in [0.4, 0.5) is 4.39 Å². The van der Waals surface area contributed by atoms with Gasteiger partial charge in [-0.25, -0.2) is 4.39 Å². The average molecular weight is 219 g/mol. The quantitative estimate of drug-likeness (QED) is 0.782. The van der Waals surface area contributed by atoms with E-state index < -0.39 is 0 Å². The van der Waals surface area contributed by atoms with Crippen LogP contribution in [0.5, 0.6) is 5.75 Å². The Kier molecular flexibility index (Phi) is 2.59. The van der Waals surface area contributed by atoms with Crippen LogP contribution in [-0.2, 0) is 5.41 Å². The van der Waals surface area contributed by atoms with Gasteiger partial charge < -0.3 is 4.74 Å². The van der Waals surface area contributed by atoms with Crippen LogP contribution in [0, 0.1) is 23.1 Å². The number of benzene rings is 1. The maximum absolute atomic E-state index is 13.6. The summed E-state index contributed by atoms with van der Waals surface area (Å²) in [4.78, 5) is 0. The van der Waals surface area contributed by atoms with E-state index in [9.17, 15) is 4.39 Å². The molecule has 0 amide bonds. The van der Waals surface area contributed by atoms with Crippen LogP contribution in [0.1, 0.15) is 25.8 Å². The second-order valence-corrected chi connectivity index (χ2v) is 4.38. The van der Waals surface area contributed by atoms with Crippen molar-refractivity contribution in [3.8, 4) is 11.8 Å². The molecule has 1 fully saturated rings. The van der Waals surface area contributed by atoms with Gasteiger partial charge in [-0.1, -0.05) is 13.0 Å². The van der Waals surface area contributed by atoms with Gasteiger partial charge in [0.15, 0.2) is 11.6 Å². The molecule has 0 spiro atoms. The molecule has 0 N–H and O–H groups in total. The predicted octanol–water partition coefficient (Wildman–Crippen LogP) is 3.03. The normalized spacial score (nSPS) is 27.2. The Morgan fingerprint density at radius 2 is 2.38 bits per heavy atom. The summed E-state index contributed by atoms with van der Waals surface area (Å²) in [5.41, 5.74) is 0.723. The van der Waals surface area contributed by atoms with Crippen molar-refractivity contribution < 1.29 is 9.13 Å². The van der Waals surface area contributed by atoms with Crippen molar-refractivity contribution >= 4 is 0 Å². The molecule has 0 radical (unpaired) electrons. The van der Waals surface area contributed by atoms with E-state index >= 15 is 0 Å². The third-order valence-corrected chi connectivity index (χ3v) is 3.28. The summed E-state index contributed by atoms with van der Waals surface area (Å²) < 4.78 is 18.8. The Morgan fingerprint density at radius 3 is 2.88 bits per heavy atom. The van der Waals surface area contributed by atoms with Gasteiger partial charge in [0.1, 0.15) is 0 Å². The van der Waals surface area contributed by atoms with Crippen LogP contribution < -0.4 is 4.74 Å². The predicted molar refractivity (Wildman–Crippen MR) is 58.6 cm³/mol. The fourth-order valence-corrected chi connectivity index (χ4v) is 2.00. The number of ether oxygens (including phenoxy) is 1. The Balaban J connectivity index is 2.26. The molecule has 2 unspecified atom stereocenters. The number of rotatable bonds is 3. The highest BCUT2D eigenvalue weighted by Gasteiger charge is 2.51. The van der Waals surface area contributed by atoms with Gasteiger partial charge in [-0.15, -0.1) is 0 Å². The first-order valence-corrected chi connectivity index (χ1v) is 5.44. The average Bonchev–Trinajstić information content (AvgIpc) is 2.94. The second kappa shape index (κ2) is 3.79. The van der Waals surface area contributed by atoms with Crippen LogP contribution in [-0.4, -0.2) is 6.61 Å². The third-order valence-electron chi connectivity index (χ3n) is 3.28. The maximum Gasteiger partial charge on any atom is 0.165 e. The van der Waals surface area contributed by atoms with Gasteiger partial charge in [-0.2, -0.15) is 5.26 Å². The summed E-state index contributed by atoms with van der Waals surface area (Å²) in [5.74, 6) is -0.0435. The lowest BCUT2D eigenvalue weighted by Gasteiger charge is -2.11. The highest BCUT2D eigenvalue weighted by Crippen LogP contribution is 2.53. The minimum absolute atomic E-state index is 0.0184. The molecule has 0 heterocycles. The zero-order valence-electron chi connectivity index (χ0n) is 9.46. The molecule has 0 aliphatic heterocycles. The van der Waals surface area contributed by atoms with Crippen LogP contribution in [0.3, 0.4) is 0 Å². The van der Waals surface area contributed by atoms with E-state index in [1.165, 1.54) is 6.07 Å². The molecule has 2 rings (SSSR count). The molecule has 16 heavy (non-hydrogen) atoms. The molecule has 1 saturated carbocycles. The summed E-state index contributed by atoms with van der Waals surface area (Å²) in [6.45, 7) is 4.27. The van der Waals surface area contributed by atoms with Crippen molar-refractivity contribution in [2.75, 3.05) is 6.61 Å². The van der Waals surface area contributed by atoms with E-state index in [0.29, 0.717) is 6.61 Å². The monoisotopic (exact) mass is 219 g/mol. The summed E-state index contributed by atoms with van der Waals surface area (Å²) >= 11 is 0. The Labute approximate surface area is 94.7 Å². The van der Waals surface area contributed by atoms with Crippen LogP contribution in [0.25, 0.3) is 0 Å². The molecule has 1 aromatic carbocycles. The van der Waals surface area contributed by atoms with Gasteiger partial charge in [0.05, 0.1) is 18.6 Å². The van der Waals surface area contributed by atoms with Gasteiger partial charge in [-0.05, 0) is 31.0 Å². The first-order valence-electron chi connectivity index (χ1n) is 5.44. The largest absolute Gasteiger partial charge is 0.491 e. The molecule has 84 valence electrons. The lowest BCUT2D eigenvalue weighted by Crippen LogP contribution is -2.05. The molecule has 0 saturated heterocycles. The van der Waals surface area contributed by atoms with Crippen molar-refractivity contribution in [3.05, 3.63) is 29.6 Å². The fourth-order valence-electron chi connectivity index (χ4n) is 2.00. The second-order valence-electron chi connectivity index (χ2n) is 4.38. The highest BCUT2D eigenvalue weighted by atomic mass is 19.1. The van der Waals surface area contributed by atoms with E-state index in [-0.39, 0.29) is 22.9 Å². The fraction of sp³-hybridized carbons (Fsp3) is 0.462. The van der Waals surface area contributed by atoms with Crippen molar-refractivity contribution in [1.82, 2.24) is 0 Å². The van der Waals surface area contributed by atoms with Gasteiger partial charge in [0, 0.05) is 5.41 Å². The molecule has 1 aliphatic carbocycles. The molecule has 3 heteroatoms. The van der Waals surface area contributed by atoms with Gasteiger partial charge >= 0.3 is 0 Å². The number of halogens is 1. The van der Waals surface area contributed by atoms with E-state index in [0.717, 1.165) is 12.0 Å². The first kappa shape index (κ1) is 10.9. The Morgan fingerprint density at radius 1 is 1.62 bits per heavy atom. The Hall–Kier alpha value is -1.56. The van der Waals surface area contributed by atoms with Crippen molar-refractivity contribution in [2.24, 2.45) is 5.92 Å². The maximum atomic E-state index is 13.6. The summed E-state index contributed by atoms with van der Waals surface area (Å²) in [6.07, 6.45) is 0.816. The minimum atomic E-state index is -0.343. The lowest BCUT2D eigenvalue weighted by molar-refractivity contribution is 0.321. The molecule has 2 nitrogen and oxygen atoms in total. The SMILES string of the molecule is CCOc1ccc(C2(C)CC2C#N)cc1F. The molecular weight excluding hydrogens is 205 g/mol. The zero-order valence-corrected chi connectivity index (χ0v) is 9.46. The molecule has 0 aromatic heterocycles. The highest BCUT2D eigenvalue weighted by molar-refractivity contribution is 5.40. The van der Waals surface area contributed by atoms with Crippen LogP contribution >= 0.6 is 0 Å². The molecule has 1 aromatic rings. The molecule has 1 aliphatic rings. The number of hydrogen-bond donors (Lipinski definition) is 0. The third kappa shape index (κ3) is 1.65. The van der Waals surface area contributed by atoms with Crippen molar-refractivity contribution in [1.29, 1.82) is 5.26 Å². The summed E-state index contributed by atoms with van der Waals surface area (Å²) in [6, 6.07) is 7.22. The summed E-state index contributed by atoms with van der Waals surface area (Å²) in [7, 11) is 0. The molecule has 0 bridgehead atoms. The number of hydrogen-bond acceptors (Lipinski definition) is 2. The van der Waals surface area contributed by atoms with Gasteiger partial charge in [0.2, 0.25) is 0 Å². The number of nitrogens with zero attached hydrogens (tertiary/aromatic N) is 1. The Bertz CT molecular complexity index is 452. The zero-order chi connectivity index (χ0) is 11.8. The van der Waals surface area contributed by atoms with Gasteiger partial charge in [0.25, 0.3) is 0 Å². The van der Waals surface area contributed by atoms with E-state index in [4.69, 9.17) is 10.00 Å². The number of nitriles is 1. The topological polar surface area (TPSA) is 33.0 Å².